The van der Waals surface area contributed by atoms with Crippen molar-refractivity contribution in [3.8, 4) is 17.6 Å². The zero-order valence-electron chi connectivity index (χ0n) is 52.3. The quantitative estimate of drug-likeness (QED) is 0.0274. The minimum absolute atomic E-state index is 0.00670. The van der Waals surface area contributed by atoms with Gasteiger partial charge in [-0.1, -0.05) is 29.6 Å². The Labute approximate surface area is 552 Å². The van der Waals surface area contributed by atoms with Crippen LogP contribution in [0.3, 0.4) is 0 Å². The number of halogens is 2. The van der Waals surface area contributed by atoms with Crippen LogP contribution < -0.4 is 30.1 Å². The molecule has 4 bridgehead atoms. The fourth-order valence-corrected chi connectivity index (χ4v) is 19.1. The van der Waals surface area contributed by atoms with E-state index >= 15 is 0 Å². The summed E-state index contributed by atoms with van der Waals surface area (Å²) in [7, 11) is -7.33. The summed E-state index contributed by atoms with van der Waals surface area (Å²) >= 11 is 13.0. The molecule has 5 saturated heterocycles. The van der Waals surface area contributed by atoms with Crippen LogP contribution in [0.4, 0.5) is 10.5 Å². The van der Waals surface area contributed by atoms with Crippen LogP contribution in [0.1, 0.15) is 117 Å². The topological polar surface area (TPSA) is 229 Å². The number of carbonyl (C=O) groups excluding carboxylic acids is 2. The van der Waals surface area contributed by atoms with Crippen LogP contribution >= 0.6 is 23.2 Å². The Bertz CT molecular complexity index is 3360. The molecule has 6 fully saturated rings. The van der Waals surface area contributed by atoms with Crippen molar-refractivity contribution < 1.29 is 45.4 Å². The first-order chi connectivity index (χ1) is 44.6. The number of amides is 2. The summed E-state index contributed by atoms with van der Waals surface area (Å²) in [5, 5.41) is 20.2. The summed E-state index contributed by atoms with van der Waals surface area (Å²) < 4.78 is 82.3. The van der Waals surface area contributed by atoms with Crippen LogP contribution in [0.2, 0.25) is 10.0 Å². The number of carbonyl (C=O) groups is 2. The fraction of sp³-hybridized carbons (Fsp3) is 0.588. The average Bonchev–Trinajstić information content (AvgIpc) is 1.61. The van der Waals surface area contributed by atoms with Crippen LogP contribution in [0.15, 0.2) is 82.6 Å². The summed E-state index contributed by atoms with van der Waals surface area (Å²) in [5.74, 6) is 2.12. The number of Topliss-reactive ketones (excluding diaryl/α,β-unsaturated/α-hetero) is 1. The molecule has 24 heteroatoms. The molecular weight excluding hydrogens is 1250 g/mol. The number of piperazine rings is 1. The molecule has 0 spiro atoms. The number of piperidine rings is 1. The molecule has 5 aliphatic heterocycles. The molecule has 4 aromatic carbocycles. The van der Waals surface area contributed by atoms with Gasteiger partial charge in [-0.05, 0) is 191 Å². The van der Waals surface area contributed by atoms with Gasteiger partial charge in [0.2, 0.25) is 10.0 Å². The number of nitriles is 1. The van der Waals surface area contributed by atoms with Crippen molar-refractivity contribution >= 4 is 60.6 Å². The lowest BCUT2D eigenvalue weighted by atomic mass is 10.0. The SMILES string of the molecule is [C-]#[N+]c1cc(Cl)cc2c1C[C@H](N1C[C@H]3CC[C@@H]1C3)[C@H]2Oc1ccc(S(=O)(=O)C[C@@H]2CCN(CCOCCNC(=O)NCCCCCC(=O)CCCOCCN3CC[C@@H](NS(=O)(=O)c4ccc(O[C@H]5c6cc(Cl)cc(C#N)c6C[C@@H]5N5C[C@@H]6C[C@H]5CN6)cc4)C3)C2)cc1. The molecule has 10 atom stereocenters. The van der Waals surface area contributed by atoms with E-state index in [1.54, 1.807) is 60.7 Å². The highest BCUT2D eigenvalue weighted by molar-refractivity contribution is 7.91. The van der Waals surface area contributed by atoms with Crippen molar-refractivity contribution in [2.75, 3.05) is 104 Å². The Balaban J connectivity index is 0.461. The van der Waals surface area contributed by atoms with Crippen LogP contribution in [-0.4, -0.2) is 189 Å². The van der Waals surface area contributed by atoms with Gasteiger partial charge in [0.15, 0.2) is 15.5 Å². The minimum Gasteiger partial charge on any atom is -0.484 e. The molecule has 0 aromatic heterocycles. The van der Waals surface area contributed by atoms with E-state index in [-0.39, 0.29) is 63.6 Å². The number of sulfone groups is 1. The van der Waals surface area contributed by atoms with E-state index in [1.165, 1.54) is 19.3 Å². The molecule has 0 radical (unpaired) electrons. The number of sulfonamides is 1. The smallest absolute Gasteiger partial charge is 0.314 e. The second kappa shape index (κ2) is 30.1. The number of likely N-dealkylation sites (tertiary alicyclic amines) is 4. The number of unbranched alkanes of at least 4 members (excludes halogenated alkanes) is 2. The van der Waals surface area contributed by atoms with Crippen LogP contribution in [0.25, 0.3) is 4.85 Å². The zero-order chi connectivity index (χ0) is 63.9. The van der Waals surface area contributed by atoms with Crippen LogP contribution in [0.5, 0.6) is 11.5 Å². The molecule has 8 aliphatic rings. The Morgan fingerprint density at radius 1 is 0.685 bits per heavy atom. The Hall–Kier alpha value is -5.44. The summed E-state index contributed by atoms with van der Waals surface area (Å²) in [6, 6.07) is 24.0. The van der Waals surface area contributed by atoms with Gasteiger partial charge in [-0.3, -0.25) is 19.5 Å². The number of ether oxygens (including phenoxy) is 4. The van der Waals surface area contributed by atoms with Crippen molar-refractivity contribution in [2.45, 2.75) is 148 Å². The Morgan fingerprint density at radius 2 is 1.34 bits per heavy atom. The van der Waals surface area contributed by atoms with Gasteiger partial charge in [-0.2, -0.15) is 5.26 Å². The lowest BCUT2D eigenvalue weighted by Crippen LogP contribution is -2.50. The summed E-state index contributed by atoms with van der Waals surface area (Å²) in [5.41, 5.74) is 4.96. The third kappa shape index (κ3) is 16.1. The van der Waals surface area contributed by atoms with E-state index in [4.69, 9.17) is 48.7 Å². The second-order valence-electron chi connectivity index (χ2n) is 26.5. The molecule has 4 aromatic rings. The largest absolute Gasteiger partial charge is 0.484 e. The van der Waals surface area contributed by atoms with Crippen LogP contribution in [0, 0.1) is 29.7 Å². The van der Waals surface area contributed by atoms with Gasteiger partial charge in [0.05, 0.1) is 65.7 Å². The molecule has 0 unspecified atom stereocenters. The average molecular weight is 1340 g/mol. The van der Waals surface area contributed by atoms with E-state index in [1.807, 2.05) is 12.1 Å². The van der Waals surface area contributed by atoms with E-state index < -0.39 is 19.9 Å². The van der Waals surface area contributed by atoms with Gasteiger partial charge in [-0.25, -0.2) is 31.2 Å². The summed E-state index contributed by atoms with van der Waals surface area (Å²) in [6.45, 7) is 17.5. The molecule has 92 heavy (non-hydrogen) atoms. The van der Waals surface area contributed by atoms with Gasteiger partial charge >= 0.3 is 6.03 Å². The maximum absolute atomic E-state index is 13.6. The summed E-state index contributed by atoms with van der Waals surface area (Å²) in [6.07, 6.45) is 10.9. The summed E-state index contributed by atoms with van der Waals surface area (Å²) in [4.78, 5) is 38.7. The lowest BCUT2D eigenvalue weighted by molar-refractivity contribution is -0.119. The number of hydrogen-bond donors (Lipinski definition) is 4. The van der Waals surface area contributed by atoms with Gasteiger partial charge in [0.25, 0.3) is 0 Å². The number of ketones is 1. The van der Waals surface area contributed by atoms with E-state index in [0.717, 1.165) is 93.5 Å². The number of hydrogen-bond acceptors (Lipinski definition) is 16. The second-order valence-corrected chi connectivity index (χ2v) is 31.1. The van der Waals surface area contributed by atoms with Gasteiger partial charge in [-0.15, -0.1) is 0 Å². The first kappa shape index (κ1) is 66.6. The van der Waals surface area contributed by atoms with Crippen LogP contribution in [-0.2, 0) is 47.0 Å². The third-order valence-electron chi connectivity index (χ3n) is 20.3. The minimum atomic E-state index is -3.79. The molecule has 494 valence electrons. The van der Waals surface area contributed by atoms with E-state index in [2.05, 4.69) is 51.2 Å². The molecule has 12 rings (SSSR count). The number of nitrogens with zero attached hydrogens (tertiary/aromatic N) is 6. The first-order valence-electron chi connectivity index (χ1n) is 33.2. The van der Waals surface area contributed by atoms with E-state index in [0.29, 0.717) is 155 Å². The highest BCUT2D eigenvalue weighted by Gasteiger charge is 2.49. The molecular formula is C68H86Cl2N10O10S2. The van der Waals surface area contributed by atoms with Gasteiger partial charge in [0, 0.05) is 113 Å². The first-order valence-corrected chi connectivity index (χ1v) is 37.0. The van der Waals surface area contributed by atoms with E-state index in [9.17, 15) is 31.7 Å². The molecule has 2 amide bonds. The molecule has 4 N–H and O–H groups in total. The van der Waals surface area contributed by atoms with Gasteiger partial charge < -0.3 is 39.8 Å². The molecule has 20 nitrogen and oxygen atoms in total. The number of nitrogens with one attached hydrogen (secondary N) is 4. The number of urea groups is 1. The standard InChI is InChI=1S/C68H86Cl2N10O10S2/c1-72-63-34-49(70)33-62-60(63)37-65(79-41-45-8-9-52(79)30-45)67(62)90-55-10-14-57(15-11-55)91(83,84)44-46-18-22-77(40-46)24-29-88-27-21-74-68(82)73-20-4-2-3-6-54(81)7-5-26-87-28-25-78-23-19-50(42-78)76-92(85,86)58-16-12-56(13-17-58)89-66-61-32-48(69)31-47(38-71)59(61)36-64(66)80-43-51-35-53(80)39-75-51/h10-17,31-34,45-46,50-53,64-67,75-76H,2-9,18-30,35-37,39-44H2,(H2,73,74,82)/t45-,46+,50+,51-,52+,53-,64-,65-,66-,67-/m0/s1. The Kier molecular flexibility index (Phi) is 21.8. The van der Waals surface area contributed by atoms with Crippen molar-refractivity contribution in [1.82, 2.24) is 40.3 Å². The lowest BCUT2D eigenvalue weighted by Gasteiger charge is -2.36. The molecule has 1 saturated carbocycles. The highest BCUT2D eigenvalue weighted by atomic mass is 35.5. The molecule has 3 aliphatic carbocycles. The maximum Gasteiger partial charge on any atom is 0.314 e. The normalized spacial score (nSPS) is 26.1. The van der Waals surface area contributed by atoms with Gasteiger partial charge in [0.1, 0.15) is 29.5 Å². The molecule has 5 heterocycles. The van der Waals surface area contributed by atoms with Crippen molar-refractivity contribution in [1.29, 1.82) is 5.26 Å². The van der Waals surface area contributed by atoms with Crippen molar-refractivity contribution in [3.63, 3.8) is 0 Å². The van der Waals surface area contributed by atoms with Crippen molar-refractivity contribution in [3.05, 3.63) is 122 Å². The highest BCUT2D eigenvalue weighted by Crippen LogP contribution is 2.49. The zero-order valence-corrected chi connectivity index (χ0v) is 55.4. The van der Waals surface area contributed by atoms with Crippen molar-refractivity contribution in [2.24, 2.45) is 11.8 Å². The number of benzene rings is 4. The third-order valence-corrected chi connectivity index (χ3v) is 24.2. The predicted octanol–water partition coefficient (Wildman–Crippen LogP) is 8.43. The Morgan fingerprint density at radius 3 is 2.01 bits per heavy atom. The predicted molar refractivity (Wildman–Crippen MR) is 351 cm³/mol. The number of fused-ring (bicyclic) bond motifs is 6. The monoisotopic (exact) mass is 1340 g/mol. The fourth-order valence-electron chi connectivity index (χ4n) is 15.7. The maximum atomic E-state index is 13.6. The number of rotatable bonds is 31.